The summed E-state index contributed by atoms with van der Waals surface area (Å²) in [6, 6.07) is 12.3. The number of rotatable bonds is 3. The summed E-state index contributed by atoms with van der Waals surface area (Å²) in [6.07, 6.45) is 0.628. The maximum atomic E-state index is 12.7. The number of benzene rings is 2. The first-order chi connectivity index (χ1) is 12.8. The van der Waals surface area contributed by atoms with Crippen LogP contribution in [0.5, 0.6) is 5.75 Å². The van der Waals surface area contributed by atoms with Crippen LogP contribution in [0.3, 0.4) is 0 Å². The molecule has 1 aromatic heterocycles. The van der Waals surface area contributed by atoms with Crippen molar-refractivity contribution >= 4 is 28.6 Å². The zero-order chi connectivity index (χ0) is 19.2. The van der Waals surface area contributed by atoms with Crippen LogP contribution < -0.4 is 15.8 Å². The fourth-order valence-electron chi connectivity index (χ4n) is 3.50. The first-order valence-electron chi connectivity index (χ1n) is 8.69. The number of oxazole rings is 1. The van der Waals surface area contributed by atoms with Gasteiger partial charge < -0.3 is 14.5 Å². The molecule has 1 atom stereocenters. The van der Waals surface area contributed by atoms with Gasteiger partial charge in [-0.3, -0.25) is 9.36 Å². The average molecular weight is 387 g/mol. The zero-order valence-corrected chi connectivity index (χ0v) is 15.7. The van der Waals surface area contributed by atoms with Gasteiger partial charge in [0.1, 0.15) is 17.9 Å². The maximum absolute atomic E-state index is 12.7. The van der Waals surface area contributed by atoms with E-state index in [9.17, 15) is 9.59 Å². The highest BCUT2D eigenvalue weighted by Gasteiger charge is 2.34. The quantitative estimate of drug-likeness (QED) is 0.745. The number of fused-ring (bicyclic) bond motifs is 2. The van der Waals surface area contributed by atoms with Crippen LogP contribution in [0.15, 0.2) is 51.7 Å². The van der Waals surface area contributed by atoms with E-state index >= 15 is 0 Å². The Balaban J connectivity index is 1.60. The number of nitrogens with one attached hydrogen (secondary N) is 1. The molecule has 1 N–H and O–H groups in total. The third kappa shape index (κ3) is 3.45. The Morgan fingerprint density at radius 2 is 2.07 bits per heavy atom. The van der Waals surface area contributed by atoms with E-state index in [1.165, 1.54) is 4.57 Å². The second kappa shape index (κ2) is 6.46. The van der Waals surface area contributed by atoms with E-state index in [1.54, 1.807) is 18.2 Å². The Kier molecular flexibility index (Phi) is 4.23. The largest absolute Gasteiger partial charge is 0.487 e. The van der Waals surface area contributed by atoms with E-state index in [0.717, 1.165) is 11.3 Å². The van der Waals surface area contributed by atoms with Crippen molar-refractivity contribution in [2.75, 3.05) is 0 Å². The third-order valence-electron chi connectivity index (χ3n) is 4.64. The van der Waals surface area contributed by atoms with Crippen LogP contribution in [0.1, 0.15) is 31.9 Å². The molecule has 6 nitrogen and oxygen atoms in total. The third-order valence-corrected chi connectivity index (χ3v) is 4.88. The van der Waals surface area contributed by atoms with Gasteiger partial charge in [0.05, 0.1) is 11.6 Å². The number of carbonyl (C=O) groups is 1. The lowest BCUT2D eigenvalue weighted by Gasteiger charge is -2.37. The number of hydrogen-bond acceptors (Lipinski definition) is 4. The summed E-state index contributed by atoms with van der Waals surface area (Å²) in [5.74, 6) is -0.107. The molecule has 0 spiro atoms. The van der Waals surface area contributed by atoms with Gasteiger partial charge in [-0.15, -0.1) is 0 Å². The fourth-order valence-corrected chi connectivity index (χ4v) is 3.67. The highest BCUT2D eigenvalue weighted by atomic mass is 35.5. The predicted octanol–water partition coefficient (Wildman–Crippen LogP) is 3.67. The van der Waals surface area contributed by atoms with Crippen LogP contribution in [0.2, 0.25) is 5.02 Å². The van der Waals surface area contributed by atoms with Crippen molar-refractivity contribution in [2.24, 2.45) is 0 Å². The molecule has 2 aromatic carbocycles. The van der Waals surface area contributed by atoms with E-state index in [4.69, 9.17) is 20.8 Å². The smallest absolute Gasteiger partial charge is 0.420 e. The molecule has 0 fully saturated rings. The SMILES string of the molecule is CC1(C)CC(NC(=O)Cn2c(=O)oc3ccc(Cl)cc32)c2ccccc2O1. The summed E-state index contributed by atoms with van der Waals surface area (Å²) in [5, 5.41) is 3.49. The first kappa shape index (κ1) is 17.7. The van der Waals surface area contributed by atoms with Crippen molar-refractivity contribution in [3.63, 3.8) is 0 Å². The van der Waals surface area contributed by atoms with Crippen molar-refractivity contribution < 1.29 is 13.9 Å². The molecule has 2 heterocycles. The van der Waals surface area contributed by atoms with Crippen LogP contribution in [0.25, 0.3) is 11.1 Å². The highest BCUT2D eigenvalue weighted by Crippen LogP contribution is 2.39. The molecule has 1 aliphatic rings. The van der Waals surface area contributed by atoms with Crippen LogP contribution in [0.4, 0.5) is 0 Å². The molecule has 4 rings (SSSR count). The number of ether oxygens (including phenoxy) is 1. The molecule has 140 valence electrons. The summed E-state index contributed by atoms with van der Waals surface area (Å²) in [6.45, 7) is 3.82. The summed E-state index contributed by atoms with van der Waals surface area (Å²) >= 11 is 6.01. The number of hydrogen-bond donors (Lipinski definition) is 1. The van der Waals surface area contributed by atoms with Gasteiger partial charge in [-0.25, -0.2) is 4.79 Å². The Morgan fingerprint density at radius 1 is 1.30 bits per heavy atom. The normalized spacial score (nSPS) is 18.0. The number of nitrogens with zero attached hydrogens (tertiary/aromatic N) is 1. The van der Waals surface area contributed by atoms with Gasteiger partial charge in [0.2, 0.25) is 5.91 Å². The number of amides is 1. The summed E-state index contributed by atoms with van der Waals surface area (Å²) < 4.78 is 12.5. The van der Waals surface area contributed by atoms with Crippen molar-refractivity contribution in [3.8, 4) is 5.75 Å². The van der Waals surface area contributed by atoms with Gasteiger partial charge in [-0.1, -0.05) is 29.8 Å². The number of para-hydroxylation sites is 1. The van der Waals surface area contributed by atoms with E-state index < -0.39 is 11.4 Å². The van der Waals surface area contributed by atoms with Crippen LogP contribution in [-0.4, -0.2) is 16.1 Å². The lowest BCUT2D eigenvalue weighted by molar-refractivity contribution is -0.123. The molecule has 1 aliphatic heterocycles. The Hall–Kier alpha value is -2.73. The summed E-state index contributed by atoms with van der Waals surface area (Å²) in [7, 11) is 0. The van der Waals surface area contributed by atoms with Crippen LogP contribution in [0, 0.1) is 0 Å². The molecular formula is C20H19ClN2O4. The minimum atomic E-state index is -0.588. The monoisotopic (exact) mass is 386 g/mol. The average Bonchev–Trinajstić information content (AvgIpc) is 2.89. The second-order valence-corrected chi connectivity index (χ2v) is 7.73. The molecule has 0 aliphatic carbocycles. The number of aromatic nitrogens is 1. The van der Waals surface area contributed by atoms with E-state index in [-0.39, 0.29) is 18.5 Å². The predicted molar refractivity (Wildman–Crippen MR) is 102 cm³/mol. The first-order valence-corrected chi connectivity index (χ1v) is 9.06. The van der Waals surface area contributed by atoms with Crippen LogP contribution >= 0.6 is 11.6 Å². The van der Waals surface area contributed by atoms with Crippen molar-refractivity contribution in [1.29, 1.82) is 0 Å². The lowest BCUT2D eigenvalue weighted by atomic mass is 9.89. The zero-order valence-electron chi connectivity index (χ0n) is 15.0. The minimum Gasteiger partial charge on any atom is -0.487 e. The lowest BCUT2D eigenvalue weighted by Crippen LogP contribution is -2.42. The molecule has 0 radical (unpaired) electrons. The standard InChI is InChI=1S/C20H19ClN2O4/c1-20(2)10-14(13-5-3-4-6-16(13)27-20)22-18(24)11-23-15-9-12(21)7-8-17(15)26-19(23)25/h3-9,14H,10-11H2,1-2H3,(H,22,24). The Morgan fingerprint density at radius 3 is 2.89 bits per heavy atom. The van der Waals surface area contributed by atoms with E-state index in [1.807, 2.05) is 38.1 Å². The summed E-state index contributed by atoms with van der Waals surface area (Å²) in [5.41, 5.74) is 1.42. The minimum absolute atomic E-state index is 0.147. The molecule has 3 aromatic rings. The Labute approximate surface area is 160 Å². The fraction of sp³-hybridized carbons (Fsp3) is 0.300. The van der Waals surface area contributed by atoms with Crippen molar-refractivity contribution in [1.82, 2.24) is 9.88 Å². The van der Waals surface area contributed by atoms with Gasteiger partial charge in [-0.2, -0.15) is 0 Å². The molecule has 1 amide bonds. The maximum Gasteiger partial charge on any atom is 0.420 e. The van der Waals surface area contributed by atoms with Gasteiger partial charge >= 0.3 is 5.76 Å². The highest BCUT2D eigenvalue weighted by molar-refractivity contribution is 6.31. The second-order valence-electron chi connectivity index (χ2n) is 7.29. The topological polar surface area (TPSA) is 73.5 Å². The van der Waals surface area contributed by atoms with Crippen LogP contribution in [-0.2, 0) is 11.3 Å². The number of halogens is 1. The van der Waals surface area contributed by atoms with Crippen molar-refractivity contribution in [2.45, 2.75) is 38.5 Å². The molecule has 27 heavy (non-hydrogen) atoms. The van der Waals surface area contributed by atoms with Gasteiger partial charge in [-0.05, 0) is 38.1 Å². The molecular weight excluding hydrogens is 368 g/mol. The molecule has 0 bridgehead atoms. The molecule has 7 heteroatoms. The molecule has 0 saturated carbocycles. The summed E-state index contributed by atoms with van der Waals surface area (Å²) in [4.78, 5) is 24.8. The van der Waals surface area contributed by atoms with Crippen molar-refractivity contribution in [3.05, 3.63) is 63.6 Å². The van der Waals surface area contributed by atoms with E-state index in [0.29, 0.717) is 22.5 Å². The number of carbonyl (C=O) groups excluding carboxylic acids is 1. The Bertz CT molecular complexity index is 1080. The molecule has 0 saturated heterocycles. The van der Waals surface area contributed by atoms with Gasteiger partial charge in [0.25, 0.3) is 0 Å². The van der Waals surface area contributed by atoms with Gasteiger partial charge in [0, 0.05) is 17.0 Å². The van der Waals surface area contributed by atoms with E-state index in [2.05, 4.69) is 5.32 Å². The molecule has 1 unspecified atom stereocenters. The van der Waals surface area contributed by atoms with Gasteiger partial charge in [0.15, 0.2) is 5.58 Å².